The average Bonchev–Trinajstić information content (AvgIpc) is 2.33. The van der Waals surface area contributed by atoms with E-state index in [4.69, 9.17) is 5.26 Å². The summed E-state index contributed by atoms with van der Waals surface area (Å²) in [7, 11) is 0. The van der Waals surface area contributed by atoms with Gasteiger partial charge in [-0.1, -0.05) is 39.5 Å². The maximum Gasteiger partial charge on any atom is 0.0666 e. The summed E-state index contributed by atoms with van der Waals surface area (Å²) < 4.78 is 1.37. The van der Waals surface area contributed by atoms with Crippen LogP contribution in [0.5, 0.6) is 0 Å². The number of hydrogen-bond acceptors (Lipinski definition) is 2. The molecule has 0 amide bonds. The Balaban J connectivity index is 4.08. The van der Waals surface area contributed by atoms with Crippen molar-refractivity contribution in [1.82, 2.24) is 0 Å². The SMILES string of the molecule is CCCCCC/C(CC#N)=C(/I)SCCCC. The van der Waals surface area contributed by atoms with Gasteiger partial charge in [0.1, 0.15) is 0 Å². The van der Waals surface area contributed by atoms with Crippen molar-refractivity contribution in [2.75, 3.05) is 5.75 Å². The molecule has 0 spiro atoms. The Hall–Kier alpha value is 0.310. The molecule has 0 radical (unpaired) electrons. The molecule has 0 aromatic rings. The van der Waals surface area contributed by atoms with E-state index < -0.39 is 0 Å². The van der Waals surface area contributed by atoms with Crippen LogP contribution in [0.4, 0.5) is 0 Å². The van der Waals surface area contributed by atoms with Gasteiger partial charge in [-0.3, -0.25) is 0 Å². The highest BCUT2D eigenvalue weighted by atomic mass is 127. The molecule has 0 aromatic heterocycles. The van der Waals surface area contributed by atoms with Gasteiger partial charge in [0.2, 0.25) is 0 Å². The molecule has 17 heavy (non-hydrogen) atoms. The van der Waals surface area contributed by atoms with Crippen LogP contribution in [0.25, 0.3) is 0 Å². The lowest BCUT2D eigenvalue weighted by molar-refractivity contribution is 0.661. The van der Waals surface area contributed by atoms with Gasteiger partial charge < -0.3 is 0 Å². The smallest absolute Gasteiger partial charge is 0.0666 e. The average molecular weight is 365 g/mol. The van der Waals surface area contributed by atoms with Crippen molar-refractivity contribution in [1.29, 1.82) is 5.26 Å². The van der Waals surface area contributed by atoms with E-state index in [-0.39, 0.29) is 0 Å². The van der Waals surface area contributed by atoms with Crippen LogP contribution in [0, 0.1) is 11.3 Å². The Labute approximate surface area is 125 Å². The number of unbranched alkanes of at least 4 members (excludes halogenated alkanes) is 4. The number of rotatable bonds is 10. The van der Waals surface area contributed by atoms with Crippen LogP contribution in [0.15, 0.2) is 8.48 Å². The quantitative estimate of drug-likeness (QED) is 0.348. The molecular formula is C14H24INS. The number of nitrogens with zero attached hydrogens (tertiary/aromatic N) is 1. The van der Waals surface area contributed by atoms with Gasteiger partial charge in [0.05, 0.1) is 12.5 Å². The zero-order valence-electron chi connectivity index (χ0n) is 11.1. The number of halogens is 1. The molecule has 0 aliphatic rings. The first-order valence-corrected chi connectivity index (χ1v) is 8.69. The second kappa shape index (κ2) is 12.8. The maximum atomic E-state index is 8.86. The van der Waals surface area contributed by atoms with Crippen LogP contribution in [0.1, 0.15) is 65.2 Å². The Morgan fingerprint density at radius 3 is 2.41 bits per heavy atom. The molecule has 0 aliphatic heterocycles. The molecule has 98 valence electrons. The van der Waals surface area contributed by atoms with Gasteiger partial charge in [-0.05, 0) is 53.2 Å². The lowest BCUT2D eigenvalue weighted by atomic mass is 10.1. The first-order chi connectivity index (χ1) is 8.26. The molecule has 0 fully saturated rings. The van der Waals surface area contributed by atoms with E-state index in [1.54, 1.807) is 0 Å². The standard InChI is InChI=1S/C14H24INS/c1-3-5-7-8-9-13(10-11-16)14(15)17-12-6-4-2/h3-10,12H2,1-2H3/b14-13+. The zero-order chi connectivity index (χ0) is 12.9. The third-order valence-electron chi connectivity index (χ3n) is 2.63. The van der Waals surface area contributed by atoms with Crippen molar-refractivity contribution >= 4 is 34.4 Å². The highest BCUT2D eigenvalue weighted by Gasteiger charge is 2.04. The minimum atomic E-state index is 0.615. The molecular weight excluding hydrogens is 341 g/mol. The van der Waals surface area contributed by atoms with Crippen LogP contribution >= 0.6 is 34.4 Å². The molecule has 0 aromatic carbocycles. The predicted octanol–water partition coefficient (Wildman–Crippen LogP) is 6.05. The second-order valence-electron chi connectivity index (χ2n) is 4.22. The summed E-state index contributed by atoms with van der Waals surface area (Å²) in [6.45, 7) is 4.45. The fraction of sp³-hybridized carbons (Fsp3) is 0.786. The van der Waals surface area contributed by atoms with Crippen LogP contribution in [-0.2, 0) is 0 Å². The Morgan fingerprint density at radius 2 is 1.82 bits per heavy atom. The van der Waals surface area contributed by atoms with Crippen LogP contribution < -0.4 is 0 Å². The van der Waals surface area contributed by atoms with Gasteiger partial charge in [-0.2, -0.15) is 5.26 Å². The minimum absolute atomic E-state index is 0.615. The molecule has 0 unspecified atom stereocenters. The molecule has 0 heterocycles. The first kappa shape index (κ1) is 17.3. The molecule has 0 aliphatic carbocycles. The molecule has 0 saturated heterocycles. The number of allylic oxidation sites excluding steroid dienone is 1. The second-order valence-corrected chi connectivity index (χ2v) is 7.14. The summed E-state index contributed by atoms with van der Waals surface area (Å²) in [6.07, 6.45) is 9.39. The largest absolute Gasteiger partial charge is 0.198 e. The molecule has 0 atom stereocenters. The normalized spacial score (nSPS) is 12.1. The van der Waals surface area contributed by atoms with Crippen LogP contribution in [0.3, 0.4) is 0 Å². The van der Waals surface area contributed by atoms with Gasteiger partial charge in [0.25, 0.3) is 0 Å². The van der Waals surface area contributed by atoms with E-state index in [1.165, 1.54) is 52.8 Å². The highest BCUT2D eigenvalue weighted by Crippen LogP contribution is 2.31. The van der Waals surface area contributed by atoms with E-state index in [0.29, 0.717) is 6.42 Å². The summed E-state index contributed by atoms with van der Waals surface area (Å²) in [5, 5.41) is 8.86. The molecule has 0 rings (SSSR count). The summed E-state index contributed by atoms with van der Waals surface area (Å²) >= 11 is 4.35. The Kier molecular flexibility index (Phi) is 13.0. The van der Waals surface area contributed by atoms with Crippen LogP contribution in [-0.4, -0.2) is 5.75 Å². The van der Waals surface area contributed by atoms with E-state index in [0.717, 1.165) is 6.42 Å². The van der Waals surface area contributed by atoms with Crippen molar-refractivity contribution in [3.63, 3.8) is 0 Å². The first-order valence-electron chi connectivity index (χ1n) is 6.63. The number of hydrogen-bond donors (Lipinski definition) is 0. The van der Waals surface area contributed by atoms with E-state index in [9.17, 15) is 0 Å². The van der Waals surface area contributed by atoms with Crippen molar-refractivity contribution in [2.24, 2.45) is 0 Å². The maximum absolute atomic E-state index is 8.86. The molecule has 1 nitrogen and oxygen atoms in total. The van der Waals surface area contributed by atoms with Gasteiger partial charge >= 0.3 is 0 Å². The third kappa shape index (κ3) is 9.96. The lowest BCUT2D eigenvalue weighted by Crippen LogP contribution is -1.87. The third-order valence-corrected chi connectivity index (χ3v) is 5.36. The minimum Gasteiger partial charge on any atom is -0.198 e. The lowest BCUT2D eigenvalue weighted by Gasteiger charge is -2.07. The van der Waals surface area contributed by atoms with Crippen molar-refractivity contribution in [3.8, 4) is 6.07 Å². The predicted molar refractivity (Wildman–Crippen MR) is 87.4 cm³/mol. The highest BCUT2D eigenvalue weighted by molar-refractivity contribution is 14.1. The van der Waals surface area contributed by atoms with E-state index in [2.05, 4.69) is 42.5 Å². The topological polar surface area (TPSA) is 23.8 Å². The molecule has 0 saturated carbocycles. The summed E-state index contributed by atoms with van der Waals surface area (Å²) in [4.78, 5) is 0. The van der Waals surface area contributed by atoms with Crippen LogP contribution in [0.2, 0.25) is 0 Å². The van der Waals surface area contributed by atoms with Crippen molar-refractivity contribution in [3.05, 3.63) is 8.48 Å². The van der Waals surface area contributed by atoms with E-state index in [1.807, 2.05) is 11.8 Å². The van der Waals surface area contributed by atoms with Crippen molar-refractivity contribution in [2.45, 2.75) is 65.2 Å². The zero-order valence-corrected chi connectivity index (χ0v) is 14.1. The summed E-state index contributed by atoms with van der Waals surface area (Å²) in [5.41, 5.74) is 1.37. The summed E-state index contributed by atoms with van der Waals surface area (Å²) in [5.74, 6) is 1.19. The Morgan fingerprint density at radius 1 is 1.12 bits per heavy atom. The molecule has 0 bridgehead atoms. The molecule has 3 heteroatoms. The monoisotopic (exact) mass is 365 g/mol. The summed E-state index contributed by atoms with van der Waals surface area (Å²) in [6, 6.07) is 2.30. The van der Waals surface area contributed by atoms with Gasteiger partial charge in [-0.15, -0.1) is 11.8 Å². The number of nitriles is 1. The molecule has 0 N–H and O–H groups in total. The fourth-order valence-corrected chi connectivity index (χ4v) is 3.64. The number of thioether (sulfide) groups is 1. The van der Waals surface area contributed by atoms with Gasteiger partial charge in [0, 0.05) is 2.91 Å². The Bertz CT molecular complexity index is 255. The van der Waals surface area contributed by atoms with Gasteiger partial charge in [0.15, 0.2) is 0 Å². The van der Waals surface area contributed by atoms with Crippen molar-refractivity contribution < 1.29 is 0 Å². The van der Waals surface area contributed by atoms with Gasteiger partial charge in [-0.25, -0.2) is 0 Å². The fourth-order valence-electron chi connectivity index (χ4n) is 1.52. The van der Waals surface area contributed by atoms with E-state index >= 15 is 0 Å².